The molecule has 0 saturated heterocycles. The average molecular weight is 405 g/mol. The van der Waals surface area contributed by atoms with E-state index in [4.69, 9.17) is 9.15 Å². The number of benzene rings is 3. The standard InChI is InChI=1S/C22H19N3O5/c1-13(22(26)24-18-9-8-15(25(27)28)12-21(18)29-2)23-14-7-10-20-17(11-14)16-5-3-4-6-19(16)30-20/h3-13,23H,1-2H3,(H,24,26)/t13-/m1/s1. The van der Waals surface area contributed by atoms with Crippen molar-refractivity contribution < 1.29 is 18.9 Å². The number of hydrogen-bond acceptors (Lipinski definition) is 6. The van der Waals surface area contributed by atoms with Gasteiger partial charge in [0, 0.05) is 22.5 Å². The molecular weight excluding hydrogens is 386 g/mol. The van der Waals surface area contributed by atoms with E-state index in [1.165, 1.54) is 25.3 Å². The number of methoxy groups -OCH3 is 1. The molecule has 152 valence electrons. The fourth-order valence-corrected chi connectivity index (χ4v) is 3.27. The van der Waals surface area contributed by atoms with Gasteiger partial charge < -0.3 is 19.8 Å². The number of nitro benzene ring substituents is 1. The van der Waals surface area contributed by atoms with Crippen LogP contribution in [0.4, 0.5) is 17.1 Å². The Morgan fingerprint density at radius 3 is 2.60 bits per heavy atom. The molecule has 1 amide bonds. The number of carbonyl (C=O) groups is 1. The van der Waals surface area contributed by atoms with E-state index < -0.39 is 11.0 Å². The maximum Gasteiger partial charge on any atom is 0.273 e. The van der Waals surface area contributed by atoms with Crippen molar-refractivity contribution in [3.63, 3.8) is 0 Å². The second kappa shape index (κ2) is 7.75. The van der Waals surface area contributed by atoms with Crippen LogP contribution in [-0.4, -0.2) is 24.0 Å². The van der Waals surface area contributed by atoms with Crippen LogP contribution in [0.5, 0.6) is 5.75 Å². The van der Waals surface area contributed by atoms with Crippen molar-refractivity contribution in [3.8, 4) is 5.75 Å². The van der Waals surface area contributed by atoms with E-state index in [1.807, 2.05) is 42.5 Å². The first-order valence-electron chi connectivity index (χ1n) is 9.27. The Morgan fingerprint density at radius 2 is 1.83 bits per heavy atom. The molecule has 4 aromatic rings. The maximum absolute atomic E-state index is 12.6. The maximum atomic E-state index is 12.6. The topological polar surface area (TPSA) is 107 Å². The lowest BCUT2D eigenvalue weighted by molar-refractivity contribution is -0.384. The van der Waals surface area contributed by atoms with E-state index in [2.05, 4.69) is 10.6 Å². The first-order valence-corrected chi connectivity index (χ1v) is 9.27. The van der Waals surface area contributed by atoms with Crippen molar-refractivity contribution in [3.05, 3.63) is 70.8 Å². The van der Waals surface area contributed by atoms with E-state index in [-0.39, 0.29) is 17.3 Å². The first-order chi connectivity index (χ1) is 14.5. The summed E-state index contributed by atoms with van der Waals surface area (Å²) in [7, 11) is 1.39. The van der Waals surface area contributed by atoms with Gasteiger partial charge in [-0.3, -0.25) is 14.9 Å². The molecule has 30 heavy (non-hydrogen) atoms. The summed E-state index contributed by atoms with van der Waals surface area (Å²) in [4.78, 5) is 23.0. The number of nitro groups is 1. The summed E-state index contributed by atoms with van der Waals surface area (Å²) in [5.41, 5.74) is 2.59. The zero-order valence-electron chi connectivity index (χ0n) is 16.3. The highest BCUT2D eigenvalue weighted by Crippen LogP contribution is 2.31. The summed E-state index contributed by atoms with van der Waals surface area (Å²) in [5, 5.41) is 18.8. The lowest BCUT2D eigenvalue weighted by atomic mass is 10.1. The van der Waals surface area contributed by atoms with Crippen LogP contribution in [0.15, 0.2) is 65.1 Å². The van der Waals surface area contributed by atoms with Gasteiger partial charge in [-0.1, -0.05) is 18.2 Å². The van der Waals surface area contributed by atoms with Crippen molar-refractivity contribution in [2.75, 3.05) is 17.7 Å². The molecular formula is C22H19N3O5. The van der Waals surface area contributed by atoms with Gasteiger partial charge in [0.15, 0.2) is 0 Å². The summed E-state index contributed by atoms with van der Waals surface area (Å²) in [5.74, 6) is -0.0876. The number of anilines is 2. The molecule has 1 heterocycles. The fourth-order valence-electron chi connectivity index (χ4n) is 3.27. The van der Waals surface area contributed by atoms with Gasteiger partial charge in [-0.25, -0.2) is 0 Å². The van der Waals surface area contributed by atoms with Crippen molar-refractivity contribution in [1.29, 1.82) is 0 Å². The van der Waals surface area contributed by atoms with Crippen molar-refractivity contribution in [1.82, 2.24) is 0 Å². The molecule has 0 bridgehead atoms. The van der Waals surface area contributed by atoms with Crippen LogP contribution < -0.4 is 15.4 Å². The Kier molecular flexibility index (Phi) is 4.97. The number of nitrogens with zero attached hydrogens (tertiary/aromatic N) is 1. The summed E-state index contributed by atoms with van der Waals surface area (Å²) >= 11 is 0. The first kappa shape index (κ1) is 19.3. The molecule has 0 aliphatic carbocycles. The van der Waals surface area contributed by atoms with Crippen LogP contribution in [-0.2, 0) is 4.79 Å². The third kappa shape index (κ3) is 3.62. The van der Waals surface area contributed by atoms with Gasteiger partial charge in [-0.15, -0.1) is 0 Å². The Bertz CT molecular complexity index is 1260. The summed E-state index contributed by atoms with van der Waals surface area (Å²) in [6.07, 6.45) is 0. The number of rotatable bonds is 6. The highest BCUT2D eigenvalue weighted by Gasteiger charge is 2.18. The van der Waals surface area contributed by atoms with Gasteiger partial charge in [0.1, 0.15) is 23.0 Å². The zero-order valence-corrected chi connectivity index (χ0v) is 16.3. The minimum atomic E-state index is -0.569. The van der Waals surface area contributed by atoms with E-state index in [0.29, 0.717) is 5.69 Å². The van der Waals surface area contributed by atoms with Gasteiger partial charge in [0.25, 0.3) is 5.69 Å². The predicted molar refractivity (Wildman–Crippen MR) is 115 cm³/mol. The van der Waals surface area contributed by atoms with Crippen LogP contribution in [0, 0.1) is 10.1 Å². The summed E-state index contributed by atoms with van der Waals surface area (Å²) in [6, 6.07) is 16.9. The number of carbonyl (C=O) groups excluding carboxylic acids is 1. The van der Waals surface area contributed by atoms with Crippen LogP contribution in [0.3, 0.4) is 0 Å². The number of nitrogens with one attached hydrogen (secondary N) is 2. The second-order valence-corrected chi connectivity index (χ2v) is 6.81. The molecule has 8 nitrogen and oxygen atoms in total. The molecule has 0 spiro atoms. The number of ether oxygens (including phenoxy) is 1. The Hall–Kier alpha value is -4.07. The van der Waals surface area contributed by atoms with Crippen LogP contribution in [0.2, 0.25) is 0 Å². The van der Waals surface area contributed by atoms with Gasteiger partial charge in [0.2, 0.25) is 5.91 Å². The van der Waals surface area contributed by atoms with Gasteiger partial charge >= 0.3 is 0 Å². The largest absolute Gasteiger partial charge is 0.494 e. The van der Waals surface area contributed by atoms with E-state index >= 15 is 0 Å². The Morgan fingerprint density at radius 1 is 1.07 bits per heavy atom. The molecule has 8 heteroatoms. The highest BCUT2D eigenvalue weighted by molar-refractivity contribution is 6.06. The second-order valence-electron chi connectivity index (χ2n) is 6.81. The number of para-hydroxylation sites is 1. The van der Waals surface area contributed by atoms with Crippen molar-refractivity contribution in [2.45, 2.75) is 13.0 Å². The number of furan rings is 1. The smallest absolute Gasteiger partial charge is 0.273 e. The lowest BCUT2D eigenvalue weighted by Crippen LogP contribution is -2.32. The normalized spacial score (nSPS) is 11.9. The van der Waals surface area contributed by atoms with Crippen LogP contribution in [0.25, 0.3) is 21.9 Å². The number of amides is 1. The van der Waals surface area contributed by atoms with Gasteiger partial charge in [-0.2, -0.15) is 0 Å². The number of hydrogen-bond donors (Lipinski definition) is 2. The SMILES string of the molecule is COc1cc([N+](=O)[O-])ccc1NC(=O)[C@@H](C)Nc1ccc2oc3ccccc3c2c1. The van der Waals surface area contributed by atoms with Crippen LogP contribution >= 0.6 is 0 Å². The molecule has 0 saturated carbocycles. The average Bonchev–Trinajstić information content (AvgIpc) is 3.11. The summed E-state index contributed by atoms with van der Waals surface area (Å²) < 4.78 is 11.0. The van der Waals surface area contributed by atoms with Gasteiger partial charge in [0.05, 0.1) is 23.8 Å². The molecule has 3 aromatic carbocycles. The molecule has 2 N–H and O–H groups in total. The number of non-ortho nitro benzene ring substituents is 1. The number of fused-ring (bicyclic) bond motifs is 3. The Labute approximate surface area is 171 Å². The minimum Gasteiger partial charge on any atom is -0.494 e. The quantitative estimate of drug-likeness (QED) is 0.347. The molecule has 0 aliphatic rings. The molecule has 0 fully saturated rings. The van der Waals surface area contributed by atoms with Gasteiger partial charge in [-0.05, 0) is 37.3 Å². The lowest BCUT2D eigenvalue weighted by Gasteiger charge is -2.16. The molecule has 1 atom stereocenters. The zero-order chi connectivity index (χ0) is 21.3. The molecule has 1 aromatic heterocycles. The molecule has 4 rings (SSSR count). The van der Waals surface area contributed by atoms with Crippen LogP contribution in [0.1, 0.15) is 6.92 Å². The van der Waals surface area contributed by atoms with E-state index in [0.717, 1.165) is 27.6 Å². The molecule has 0 radical (unpaired) electrons. The summed E-state index contributed by atoms with van der Waals surface area (Å²) in [6.45, 7) is 1.73. The third-order valence-electron chi connectivity index (χ3n) is 4.81. The minimum absolute atomic E-state index is 0.114. The fraction of sp³-hybridized carbons (Fsp3) is 0.136. The molecule has 0 aliphatic heterocycles. The Balaban J connectivity index is 1.52. The molecule has 0 unspecified atom stereocenters. The third-order valence-corrected chi connectivity index (χ3v) is 4.81. The predicted octanol–water partition coefficient (Wildman–Crippen LogP) is 4.94. The van der Waals surface area contributed by atoms with Crippen molar-refractivity contribution in [2.24, 2.45) is 0 Å². The van der Waals surface area contributed by atoms with E-state index in [9.17, 15) is 14.9 Å². The monoisotopic (exact) mass is 405 g/mol. The highest BCUT2D eigenvalue weighted by atomic mass is 16.6. The van der Waals surface area contributed by atoms with E-state index in [1.54, 1.807) is 6.92 Å². The van der Waals surface area contributed by atoms with Crippen molar-refractivity contribution >= 4 is 44.9 Å².